The fourth-order valence-corrected chi connectivity index (χ4v) is 5.21. The number of hydrogen-bond acceptors (Lipinski definition) is 4. The summed E-state index contributed by atoms with van der Waals surface area (Å²) in [6, 6.07) is 16.3. The molecular formula is C26H28N2O5. The highest BCUT2D eigenvalue weighted by atomic mass is 16.5. The van der Waals surface area contributed by atoms with Crippen LogP contribution in [0.15, 0.2) is 48.5 Å². The second kappa shape index (κ2) is 8.21. The minimum Gasteiger partial charge on any atom is -0.481 e. The molecule has 2 aromatic carbocycles. The standard InChI is InChI=1S/C26H28N2O5/c29-22(30)14-25(10-5-11-25)16-27-23(31)26(12-13-26)28-24(32)33-15-21-19-8-3-1-6-17(19)18-7-2-4-9-20(18)21/h1-4,6-9,21H,5,10-16H2,(H,27,31)(H,28,32)(H,29,30). The van der Waals surface area contributed by atoms with Crippen molar-refractivity contribution in [2.24, 2.45) is 5.41 Å². The maximum absolute atomic E-state index is 12.8. The number of carboxylic acid groups (broad SMARTS) is 1. The molecule has 5 rings (SSSR count). The smallest absolute Gasteiger partial charge is 0.408 e. The van der Waals surface area contributed by atoms with Crippen LogP contribution < -0.4 is 10.6 Å². The van der Waals surface area contributed by atoms with Gasteiger partial charge in [0.1, 0.15) is 12.1 Å². The molecule has 3 aliphatic rings. The number of carboxylic acids is 1. The van der Waals surface area contributed by atoms with Gasteiger partial charge in [-0.2, -0.15) is 0 Å². The average molecular weight is 449 g/mol. The Balaban J connectivity index is 1.18. The Bertz CT molecular complexity index is 1060. The zero-order valence-electron chi connectivity index (χ0n) is 18.4. The van der Waals surface area contributed by atoms with Gasteiger partial charge in [-0.3, -0.25) is 9.59 Å². The SMILES string of the molecule is O=C(O)CC1(CNC(=O)C2(NC(=O)OCC3c4ccccc4-c4ccccc43)CC2)CCC1. The van der Waals surface area contributed by atoms with Crippen molar-refractivity contribution in [1.29, 1.82) is 0 Å². The summed E-state index contributed by atoms with van der Waals surface area (Å²) in [5.41, 5.74) is 3.28. The summed E-state index contributed by atoms with van der Waals surface area (Å²) in [6.45, 7) is 0.519. The van der Waals surface area contributed by atoms with Crippen molar-refractivity contribution in [1.82, 2.24) is 10.6 Å². The van der Waals surface area contributed by atoms with Crippen LogP contribution >= 0.6 is 0 Å². The minimum absolute atomic E-state index is 0.0402. The van der Waals surface area contributed by atoms with Crippen molar-refractivity contribution in [2.75, 3.05) is 13.2 Å². The third kappa shape index (κ3) is 4.08. The van der Waals surface area contributed by atoms with Crippen molar-refractivity contribution in [2.45, 2.75) is 50.0 Å². The summed E-state index contributed by atoms with van der Waals surface area (Å²) in [4.78, 5) is 36.6. The van der Waals surface area contributed by atoms with E-state index in [4.69, 9.17) is 9.84 Å². The van der Waals surface area contributed by atoms with Crippen LogP contribution in [0, 0.1) is 5.41 Å². The van der Waals surface area contributed by atoms with Crippen molar-refractivity contribution in [3.63, 3.8) is 0 Å². The molecule has 0 unspecified atom stereocenters. The van der Waals surface area contributed by atoms with E-state index in [2.05, 4.69) is 34.9 Å². The Morgan fingerprint density at radius 1 is 0.939 bits per heavy atom. The summed E-state index contributed by atoms with van der Waals surface area (Å²) >= 11 is 0. The van der Waals surface area contributed by atoms with Gasteiger partial charge in [0, 0.05) is 12.5 Å². The number of carbonyl (C=O) groups is 3. The third-order valence-corrected chi connectivity index (χ3v) is 7.43. The molecule has 7 heteroatoms. The van der Waals surface area contributed by atoms with E-state index in [9.17, 15) is 14.4 Å². The van der Waals surface area contributed by atoms with Gasteiger partial charge in [-0.1, -0.05) is 55.0 Å². The summed E-state index contributed by atoms with van der Waals surface area (Å²) in [5.74, 6) is -1.14. The van der Waals surface area contributed by atoms with E-state index in [1.807, 2.05) is 24.3 Å². The molecule has 3 aliphatic carbocycles. The lowest BCUT2D eigenvalue weighted by Crippen LogP contribution is -2.52. The molecule has 0 radical (unpaired) electrons. The Kier molecular flexibility index (Phi) is 5.35. The average Bonchev–Trinajstić information content (AvgIpc) is 3.49. The fraction of sp³-hybridized carbons (Fsp3) is 0.423. The van der Waals surface area contributed by atoms with Crippen LogP contribution in [-0.2, 0) is 14.3 Å². The predicted octanol–water partition coefficient (Wildman–Crippen LogP) is 3.82. The molecule has 0 aliphatic heterocycles. The summed E-state index contributed by atoms with van der Waals surface area (Å²) in [6.07, 6.45) is 3.13. The lowest BCUT2D eigenvalue weighted by Gasteiger charge is -2.41. The monoisotopic (exact) mass is 448 g/mol. The van der Waals surface area contributed by atoms with E-state index in [-0.39, 0.29) is 30.3 Å². The molecule has 2 fully saturated rings. The van der Waals surface area contributed by atoms with E-state index in [0.717, 1.165) is 41.5 Å². The van der Waals surface area contributed by atoms with Crippen LogP contribution in [0.5, 0.6) is 0 Å². The van der Waals surface area contributed by atoms with Crippen molar-refractivity contribution in [3.05, 3.63) is 59.7 Å². The molecular weight excluding hydrogens is 420 g/mol. The van der Waals surface area contributed by atoms with Crippen LogP contribution in [0.3, 0.4) is 0 Å². The number of rotatable bonds is 8. The third-order valence-electron chi connectivity index (χ3n) is 7.43. The Morgan fingerprint density at radius 3 is 2.06 bits per heavy atom. The molecule has 2 amide bonds. The number of alkyl carbamates (subject to hydrolysis) is 1. The predicted molar refractivity (Wildman–Crippen MR) is 122 cm³/mol. The minimum atomic E-state index is -0.948. The van der Waals surface area contributed by atoms with Gasteiger partial charge in [0.2, 0.25) is 5.91 Å². The Hall–Kier alpha value is -3.35. The van der Waals surface area contributed by atoms with Gasteiger partial charge < -0.3 is 20.5 Å². The first-order valence-corrected chi connectivity index (χ1v) is 11.5. The van der Waals surface area contributed by atoms with Gasteiger partial charge in [0.05, 0.1) is 6.42 Å². The number of amides is 2. The second-order valence-electron chi connectivity index (χ2n) is 9.64. The number of fused-ring (bicyclic) bond motifs is 3. The van der Waals surface area contributed by atoms with E-state index < -0.39 is 17.6 Å². The Labute approximate surface area is 192 Å². The van der Waals surface area contributed by atoms with Gasteiger partial charge in [-0.25, -0.2) is 4.79 Å². The Morgan fingerprint density at radius 2 is 1.55 bits per heavy atom. The first kappa shape index (κ1) is 21.5. The number of ether oxygens (including phenoxy) is 1. The number of nitrogens with one attached hydrogen (secondary N) is 2. The molecule has 0 heterocycles. The van der Waals surface area contributed by atoms with Crippen molar-refractivity contribution < 1.29 is 24.2 Å². The van der Waals surface area contributed by atoms with Gasteiger partial charge >= 0.3 is 12.1 Å². The van der Waals surface area contributed by atoms with Crippen LogP contribution in [0.1, 0.15) is 55.6 Å². The normalized spacial score (nSPS) is 18.9. The number of benzene rings is 2. The topological polar surface area (TPSA) is 105 Å². The van der Waals surface area contributed by atoms with E-state index in [0.29, 0.717) is 19.4 Å². The first-order chi connectivity index (χ1) is 15.9. The van der Waals surface area contributed by atoms with Crippen LogP contribution in [0.2, 0.25) is 0 Å². The summed E-state index contributed by atoms with van der Waals surface area (Å²) in [5, 5.41) is 14.8. The molecule has 2 aromatic rings. The van der Waals surface area contributed by atoms with E-state index in [1.165, 1.54) is 0 Å². The molecule has 2 saturated carbocycles. The molecule has 172 valence electrons. The largest absolute Gasteiger partial charge is 0.481 e. The first-order valence-electron chi connectivity index (χ1n) is 11.5. The molecule has 0 aromatic heterocycles. The van der Waals surface area contributed by atoms with Gasteiger partial charge in [0.15, 0.2) is 0 Å². The van der Waals surface area contributed by atoms with Crippen LogP contribution in [0.4, 0.5) is 4.79 Å². The highest BCUT2D eigenvalue weighted by molar-refractivity contribution is 5.93. The van der Waals surface area contributed by atoms with Gasteiger partial charge in [-0.15, -0.1) is 0 Å². The van der Waals surface area contributed by atoms with Crippen molar-refractivity contribution >= 4 is 18.0 Å². The highest BCUT2D eigenvalue weighted by Gasteiger charge is 2.52. The quantitative estimate of drug-likeness (QED) is 0.570. The summed E-state index contributed by atoms with van der Waals surface area (Å²) in [7, 11) is 0. The molecule has 0 spiro atoms. The zero-order chi connectivity index (χ0) is 23.1. The fourth-order valence-electron chi connectivity index (χ4n) is 5.21. The molecule has 3 N–H and O–H groups in total. The zero-order valence-corrected chi connectivity index (χ0v) is 18.4. The second-order valence-corrected chi connectivity index (χ2v) is 9.64. The van der Waals surface area contributed by atoms with Crippen LogP contribution in [0.25, 0.3) is 11.1 Å². The molecule has 0 atom stereocenters. The highest BCUT2D eigenvalue weighted by Crippen LogP contribution is 2.45. The van der Waals surface area contributed by atoms with E-state index >= 15 is 0 Å². The van der Waals surface area contributed by atoms with Gasteiger partial charge in [0.25, 0.3) is 0 Å². The maximum atomic E-state index is 12.8. The number of aliphatic carboxylic acids is 1. The van der Waals surface area contributed by atoms with Crippen molar-refractivity contribution in [3.8, 4) is 11.1 Å². The molecule has 0 bridgehead atoms. The molecule has 33 heavy (non-hydrogen) atoms. The molecule has 0 saturated heterocycles. The number of hydrogen-bond donors (Lipinski definition) is 3. The summed E-state index contributed by atoms with van der Waals surface area (Å²) < 4.78 is 5.59. The van der Waals surface area contributed by atoms with Crippen LogP contribution in [-0.4, -0.2) is 41.8 Å². The lowest BCUT2D eigenvalue weighted by atomic mass is 9.66. The maximum Gasteiger partial charge on any atom is 0.408 e. The molecule has 7 nitrogen and oxygen atoms in total. The number of carbonyl (C=O) groups excluding carboxylic acids is 2. The van der Waals surface area contributed by atoms with Gasteiger partial charge in [-0.05, 0) is 53.4 Å². The lowest BCUT2D eigenvalue weighted by molar-refractivity contribution is -0.142. The van der Waals surface area contributed by atoms with E-state index in [1.54, 1.807) is 0 Å².